The quantitative estimate of drug-likeness (QED) is 0.872. The first kappa shape index (κ1) is 18.1. The van der Waals surface area contributed by atoms with Crippen molar-refractivity contribution in [2.75, 3.05) is 37.5 Å². The maximum atomic E-state index is 12.6. The van der Waals surface area contributed by atoms with Crippen molar-refractivity contribution >= 4 is 17.3 Å². The Labute approximate surface area is 154 Å². The summed E-state index contributed by atoms with van der Waals surface area (Å²) in [5.41, 5.74) is 3.36. The first-order chi connectivity index (χ1) is 12.6. The van der Waals surface area contributed by atoms with Gasteiger partial charge in [0, 0.05) is 35.6 Å². The average molecular weight is 354 g/mol. The molecule has 1 heterocycles. The largest absolute Gasteiger partial charge is 0.496 e. The summed E-state index contributed by atoms with van der Waals surface area (Å²) >= 11 is 0. The highest BCUT2D eigenvalue weighted by molar-refractivity contribution is 6.05. The number of hydrogen-bond acceptors (Lipinski definition) is 4. The molecular weight excluding hydrogens is 328 g/mol. The van der Waals surface area contributed by atoms with Gasteiger partial charge in [-0.25, -0.2) is 0 Å². The van der Waals surface area contributed by atoms with Crippen LogP contribution in [0.15, 0.2) is 36.4 Å². The van der Waals surface area contributed by atoms with Gasteiger partial charge in [-0.2, -0.15) is 0 Å². The zero-order chi connectivity index (χ0) is 18.5. The van der Waals surface area contributed by atoms with Crippen LogP contribution < -0.4 is 19.7 Å². The topological polar surface area (TPSA) is 50.8 Å². The molecule has 2 aromatic carbocycles. The summed E-state index contributed by atoms with van der Waals surface area (Å²) in [5.74, 6) is 1.08. The maximum absolute atomic E-state index is 12.6. The number of benzene rings is 2. The molecule has 5 nitrogen and oxygen atoms in total. The van der Waals surface area contributed by atoms with Crippen LogP contribution in [0.4, 0.5) is 11.4 Å². The first-order valence-corrected chi connectivity index (χ1v) is 9.01. The van der Waals surface area contributed by atoms with Crippen LogP contribution >= 0.6 is 0 Å². The van der Waals surface area contributed by atoms with Crippen molar-refractivity contribution in [3.05, 3.63) is 47.5 Å². The number of rotatable bonds is 5. The normalized spacial score (nSPS) is 14.0. The molecule has 1 amide bonds. The third-order valence-corrected chi connectivity index (χ3v) is 4.86. The lowest BCUT2D eigenvalue weighted by atomic mass is 10.1. The number of ether oxygens (including phenoxy) is 2. The number of anilines is 2. The van der Waals surface area contributed by atoms with Crippen LogP contribution in [0.3, 0.4) is 0 Å². The highest BCUT2D eigenvalue weighted by Gasteiger charge is 2.15. The van der Waals surface area contributed by atoms with Crippen LogP contribution in [0.5, 0.6) is 11.5 Å². The summed E-state index contributed by atoms with van der Waals surface area (Å²) in [6.07, 6.45) is 3.80. The maximum Gasteiger partial charge on any atom is 0.255 e. The van der Waals surface area contributed by atoms with Crippen LogP contribution in [0.1, 0.15) is 35.2 Å². The Morgan fingerprint density at radius 2 is 1.54 bits per heavy atom. The van der Waals surface area contributed by atoms with Crippen molar-refractivity contribution in [2.24, 2.45) is 0 Å². The van der Waals surface area contributed by atoms with E-state index >= 15 is 0 Å². The number of amides is 1. The molecule has 138 valence electrons. The van der Waals surface area contributed by atoms with Gasteiger partial charge in [0.1, 0.15) is 11.5 Å². The Kier molecular flexibility index (Phi) is 5.66. The molecule has 1 aliphatic rings. The summed E-state index contributed by atoms with van der Waals surface area (Å²) in [7, 11) is 3.17. The van der Waals surface area contributed by atoms with Crippen molar-refractivity contribution in [3.8, 4) is 11.5 Å². The van der Waals surface area contributed by atoms with E-state index in [2.05, 4.69) is 22.3 Å². The summed E-state index contributed by atoms with van der Waals surface area (Å²) in [6.45, 7) is 4.11. The van der Waals surface area contributed by atoms with Crippen molar-refractivity contribution in [3.63, 3.8) is 0 Å². The van der Waals surface area contributed by atoms with Gasteiger partial charge in [0.05, 0.1) is 14.2 Å². The Balaban J connectivity index is 1.73. The molecule has 1 saturated heterocycles. The number of carbonyl (C=O) groups is 1. The van der Waals surface area contributed by atoms with E-state index in [1.165, 1.54) is 24.9 Å². The van der Waals surface area contributed by atoms with Gasteiger partial charge in [-0.1, -0.05) is 0 Å². The molecule has 0 radical (unpaired) electrons. The van der Waals surface area contributed by atoms with Gasteiger partial charge < -0.3 is 19.7 Å². The lowest BCUT2D eigenvalue weighted by molar-refractivity contribution is 0.102. The predicted molar refractivity (Wildman–Crippen MR) is 105 cm³/mol. The van der Waals surface area contributed by atoms with Crippen molar-refractivity contribution in [2.45, 2.75) is 26.2 Å². The van der Waals surface area contributed by atoms with E-state index in [1.807, 2.05) is 19.1 Å². The van der Waals surface area contributed by atoms with E-state index in [1.54, 1.807) is 26.4 Å². The van der Waals surface area contributed by atoms with Gasteiger partial charge in [0.25, 0.3) is 5.91 Å². The Morgan fingerprint density at radius 1 is 0.962 bits per heavy atom. The van der Waals surface area contributed by atoms with E-state index in [9.17, 15) is 4.79 Å². The van der Waals surface area contributed by atoms with Crippen molar-refractivity contribution in [1.29, 1.82) is 0 Å². The molecule has 1 fully saturated rings. The highest BCUT2D eigenvalue weighted by atomic mass is 16.5. The zero-order valence-electron chi connectivity index (χ0n) is 15.7. The zero-order valence-corrected chi connectivity index (χ0v) is 15.7. The Bertz CT molecular complexity index is 740. The Morgan fingerprint density at radius 3 is 2.08 bits per heavy atom. The minimum Gasteiger partial charge on any atom is -0.496 e. The lowest BCUT2D eigenvalue weighted by Crippen LogP contribution is -2.29. The fourth-order valence-electron chi connectivity index (χ4n) is 3.33. The van der Waals surface area contributed by atoms with E-state index < -0.39 is 0 Å². The summed E-state index contributed by atoms with van der Waals surface area (Å²) < 4.78 is 10.7. The third kappa shape index (κ3) is 3.93. The summed E-state index contributed by atoms with van der Waals surface area (Å²) in [6, 6.07) is 11.5. The second-order valence-corrected chi connectivity index (χ2v) is 6.55. The van der Waals surface area contributed by atoms with Gasteiger partial charge in [0.15, 0.2) is 0 Å². The molecule has 3 rings (SSSR count). The fraction of sp³-hybridized carbons (Fsp3) is 0.381. The molecule has 1 aliphatic heterocycles. The number of carbonyl (C=O) groups excluding carboxylic acids is 1. The van der Waals surface area contributed by atoms with E-state index in [0.717, 1.165) is 24.3 Å². The summed E-state index contributed by atoms with van der Waals surface area (Å²) in [5, 5.41) is 2.94. The molecule has 26 heavy (non-hydrogen) atoms. The van der Waals surface area contributed by atoms with Gasteiger partial charge in [-0.05, 0) is 62.6 Å². The molecule has 0 aliphatic carbocycles. The molecule has 0 spiro atoms. The van der Waals surface area contributed by atoms with Gasteiger partial charge in [-0.15, -0.1) is 0 Å². The van der Waals surface area contributed by atoms with Crippen LogP contribution in [-0.4, -0.2) is 33.2 Å². The smallest absolute Gasteiger partial charge is 0.255 e. The third-order valence-electron chi connectivity index (χ3n) is 4.86. The number of methoxy groups -OCH3 is 2. The first-order valence-electron chi connectivity index (χ1n) is 9.01. The molecule has 0 bridgehead atoms. The highest BCUT2D eigenvalue weighted by Crippen LogP contribution is 2.30. The predicted octanol–water partition coefficient (Wildman–Crippen LogP) is 4.25. The second kappa shape index (κ2) is 8.13. The molecule has 0 unspecified atom stereocenters. The van der Waals surface area contributed by atoms with Crippen LogP contribution in [0, 0.1) is 6.92 Å². The molecule has 2 aromatic rings. The standard InChI is InChI=1S/C21H26N2O3/c1-15-19(25-2)13-16(14-20(15)26-3)21(24)22-17-7-9-18(10-8-17)23-11-5-4-6-12-23/h7-10,13-14H,4-6,11-12H2,1-3H3,(H,22,24). The monoisotopic (exact) mass is 354 g/mol. The fourth-order valence-corrected chi connectivity index (χ4v) is 3.33. The molecule has 0 aromatic heterocycles. The number of nitrogens with zero attached hydrogens (tertiary/aromatic N) is 1. The van der Waals surface area contributed by atoms with Crippen LogP contribution in [-0.2, 0) is 0 Å². The number of piperidine rings is 1. The van der Waals surface area contributed by atoms with E-state index in [4.69, 9.17) is 9.47 Å². The molecule has 5 heteroatoms. The van der Waals surface area contributed by atoms with E-state index in [0.29, 0.717) is 17.1 Å². The minimum absolute atomic E-state index is 0.188. The van der Waals surface area contributed by atoms with Gasteiger partial charge >= 0.3 is 0 Å². The van der Waals surface area contributed by atoms with Gasteiger partial charge in [0.2, 0.25) is 0 Å². The minimum atomic E-state index is -0.188. The van der Waals surface area contributed by atoms with Crippen LogP contribution in [0.2, 0.25) is 0 Å². The average Bonchev–Trinajstić information content (AvgIpc) is 2.69. The van der Waals surface area contributed by atoms with Crippen molar-refractivity contribution < 1.29 is 14.3 Å². The molecular formula is C21H26N2O3. The lowest BCUT2D eigenvalue weighted by Gasteiger charge is -2.28. The van der Waals surface area contributed by atoms with Gasteiger partial charge in [-0.3, -0.25) is 4.79 Å². The van der Waals surface area contributed by atoms with E-state index in [-0.39, 0.29) is 5.91 Å². The number of nitrogens with one attached hydrogen (secondary N) is 1. The molecule has 1 N–H and O–H groups in total. The second-order valence-electron chi connectivity index (χ2n) is 6.55. The summed E-state index contributed by atoms with van der Waals surface area (Å²) in [4.78, 5) is 15.0. The van der Waals surface area contributed by atoms with Crippen molar-refractivity contribution in [1.82, 2.24) is 0 Å². The molecule has 0 saturated carbocycles. The number of hydrogen-bond donors (Lipinski definition) is 1. The SMILES string of the molecule is COc1cc(C(=O)Nc2ccc(N3CCCCC3)cc2)cc(OC)c1C. The van der Waals surface area contributed by atoms with Crippen LogP contribution in [0.25, 0.3) is 0 Å². The Hall–Kier alpha value is -2.69. The molecule has 0 atom stereocenters.